The van der Waals surface area contributed by atoms with Crippen molar-refractivity contribution < 1.29 is 13.9 Å². The minimum absolute atomic E-state index is 0.259. The molecule has 2 rings (SSSR count). The predicted octanol–water partition coefficient (Wildman–Crippen LogP) is 2.86. The molecule has 0 bridgehead atoms. The van der Waals surface area contributed by atoms with E-state index in [0.717, 1.165) is 24.3 Å². The van der Waals surface area contributed by atoms with Crippen molar-refractivity contribution in [1.29, 1.82) is 0 Å². The standard InChI is InChI=1S/C14H19FN2O2S/c1-19-14(6-8-20-9-7-14)10-16-13(18)17-12-4-2-11(15)3-5-12/h2-5H,6-10H2,1H3,(H2,16,17,18). The van der Waals surface area contributed by atoms with Gasteiger partial charge in [0.25, 0.3) is 0 Å². The third-order valence-electron chi connectivity index (χ3n) is 3.51. The summed E-state index contributed by atoms with van der Waals surface area (Å²) >= 11 is 1.91. The first-order valence-corrected chi connectivity index (χ1v) is 7.72. The Kier molecular flexibility index (Phi) is 5.25. The number of hydrogen-bond acceptors (Lipinski definition) is 3. The van der Waals surface area contributed by atoms with Crippen molar-refractivity contribution in [2.24, 2.45) is 0 Å². The number of methoxy groups -OCH3 is 1. The van der Waals surface area contributed by atoms with Gasteiger partial charge in [0.1, 0.15) is 5.82 Å². The Hall–Kier alpha value is -1.27. The molecule has 1 fully saturated rings. The number of anilines is 1. The summed E-state index contributed by atoms with van der Waals surface area (Å²) in [5, 5.41) is 5.50. The number of nitrogens with one attached hydrogen (secondary N) is 2. The SMILES string of the molecule is COC1(CNC(=O)Nc2ccc(F)cc2)CCSCC1. The van der Waals surface area contributed by atoms with Gasteiger partial charge in [0, 0.05) is 19.3 Å². The van der Waals surface area contributed by atoms with Crippen molar-refractivity contribution in [1.82, 2.24) is 5.32 Å². The van der Waals surface area contributed by atoms with Crippen molar-refractivity contribution in [3.8, 4) is 0 Å². The fraction of sp³-hybridized carbons (Fsp3) is 0.500. The number of thioether (sulfide) groups is 1. The summed E-state index contributed by atoms with van der Waals surface area (Å²) in [5.41, 5.74) is 0.306. The Morgan fingerprint density at radius 3 is 2.60 bits per heavy atom. The van der Waals surface area contributed by atoms with E-state index in [2.05, 4.69) is 10.6 Å². The molecule has 0 aromatic heterocycles. The van der Waals surface area contributed by atoms with E-state index in [1.54, 1.807) is 7.11 Å². The zero-order valence-corrected chi connectivity index (χ0v) is 12.3. The first kappa shape index (κ1) is 15.1. The number of urea groups is 1. The van der Waals surface area contributed by atoms with Crippen LogP contribution in [0.4, 0.5) is 14.9 Å². The van der Waals surface area contributed by atoms with Gasteiger partial charge in [-0.25, -0.2) is 9.18 Å². The van der Waals surface area contributed by atoms with Gasteiger partial charge >= 0.3 is 6.03 Å². The van der Waals surface area contributed by atoms with Crippen LogP contribution in [0.2, 0.25) is 0 Å². The zero-order chi connectivity index (χ0) is 14.4. The molecule has 1 heterocycles. The fourth-order valence-corrected chi connectivity index (χ4v) is 3.38. The molecule has 0 spiro atoms. The summed E-state index contributed by atoms with van der Waals surface area (Å²) in [5.74, 6) is 1.78. The molecule has 1 aliphatic heterocycles. The maximum absolute atomic E-state index is 12.8. The predicted molar refractivity (Wildman–Crippen MR) is 79.7 cm³/mol. The molecule has 20 heavy (non-hydrogen) atoms. The van der Waals surface area contributed by atoms with E-state index in [0.29, 0.717) is 12.2 Å². The first-order valence-electron chi connectivity index (χ1n) is 6.57. The van der Waals surface area contributed by atoms with Crippen molar-refractivity contribution in [2.45, 2.75) is 18.4 Å². The average molecular weight is 298 g/mol. The Balaban J connectivity index is 1.83. The van der Waals surface area contributed by atoms with E-state index < -0.39 is 0 Å². The van der Waals surface area contributed by atoms with E-state index in [4.69, 9.17) is 4.74 Å². The summed E-state index contributed by atoms with van der Waals surface area (Å²) in [7, 11) is 1.69. The van der Waals surface area contributed by atoms with Crippen molar-refractivity contribution in [3.63, 3.8) is 0 Å². The lowest BCUT2D eigenvalue weighted by Gasteiger charge is -2.35. The van der Waals surface area contributed by atoms with Crippen LogP contribution in [0, 0.1) is 5.82 Å². The first-order chi connectivity index (χ1) is 9.63. The van der Waals surface area contributed by atoms with E-state index in [-0.39, 0.29) is 17.4 Å². The average Bonchev–Trinajstić information content (AvgIpc) is 2.49. The normalized spacial score (nSPS) is 17.5. The highest BCUT2D eigenvalue weighted by Crippen LogP contribution is 2.29. The molecule has 1 saturated heterocycles. The Morgan fingerprint density at radius 2 is 2.00 bits per heavy atom. The van der Waals surface area contributed by atoms with Crippen LogP contribution >= 0.6 is 11.8 Å². The van der Waals surface area contributed by atoms with Gasteiger partial charge in [0.2, 0.25) is 0 Å². The fourth-order valence-electron chi connectivity index (χ4n) is 2.15. The maximum Gasteiger partial charge on any atom is 0.319 e. The molecule has 110 valence electrons. The number of carbonyl (C=O) groups is 1. The van der Waals surface area contributed by atoms with E-state index in [1.165, 1.54) is 24.3 Å². The number of benzene rings is 1. The number of amides is 2. The third-order valence-corrected chi connectivity index (χ3v) is 4.50. The number of halogens is 1. The van der Waals surface area contributed by atoms with Gasteiger partial charge < -0.3 is 15.4 Å². The Morgan fingerprint density at radius 1 is 1.35 bits per heavy atom. The lowest BCUT2D eigenvalue weighted by Crippen LogP contribution is -2.47. The highest BCUT2D eigenvalue weighted by atomic mass is 32.2. The highest BCUT2D eigenvalue weighted by Gasteiger charge is 2.32. The maximum atomic E-state index is 12.8. The quantitative estimate of drug-likeness (QED) is 0.898. The molecule has 1 aliphatic rings. The monoisotopic (exact) mass is 298 g/mol. The molecule has 2 amide bonds. The van der Waals surface area contributed by atoms with Gasteiger partial charge in [0.15, 0.2) is 0 Å². The Labute approximate surface area is 122 Å². The number of carbonyl (C=O) groups excluding carboxylic acids is 1. The molecule has 1 aromatic rings. The van der Waals surface area contributed by atoms with Crippen molar-refractivity contribution >= 4 is 23.5 Å². The number of rotatable bonds is 4. The topological polar surface area (TPSA) is 50.4 Å². The number of ether oxygens (including phenoxy) is 1. The van der Waals surface area contributed by atoms with Crippen LogP contribution < -0.4 is 10.6 Å². The van der Waals surface area contributed by atoms with Crippen LogP contribution in [0.25, 0.3) is 0 Å². The van der Waals surface area contributed by atoms with Crippen LogP contribution in [-0.2, 0) is 4.74 Å². The molecule has 2 N–H and O–H groups in total. The molecule has 0 saturated carbocycles. The molecule has 0 atom stereocenters. The highest BCUT2D eigenvalue weighted by molar-refractivity contribution is 7.99. The lowest BCUT2D eigenvalue weighted by atomic mass is 9.96. The molecule has 0 aliphatic carbocycles. The summed E-state index contributed by atoms with van der Waals surface area (Å²) in [4.78, 5) is 11.8. The van der Waals surface area contributed by atoms with Crippen molar-refractivity contribution in [2.75, 3.05) is 30.5 Å². The minimum Gasteiger partial charge on any atom is -0.376 e. The summed E-state index contributed by atoms with van der Waals surface area (Å²) < 4.78 is 18.4. The zero-order valence-electron chi connectivity index (χ0n) is 11.4. The van der Waals surface area contributed by atoms with Crippen LogP contribution in [0.1, 0.15) is 12.8 Å². The van der Waals surface area contributed by atoms with Gasteiger partial charge in [-0.2, -0.15) is 11.8 Å². The minimum atomic E-state index is -0.325. The van der Waals surface area contributed by atoms with Crippen LogP contribution in [0.15, 0.2) is 24.3 Å². The largest absolute Gasteiger partial charge is 0.376 e. The Bertz CT molecular complexity index is 447. The van der Waals surface area contributed by atoms with Crippen LogP contribution in [-0.4, -0.2) is 36.8 Å². The second-order valence-corrected chi connectivity index (χ2v) is 6.04. The second kappa shape index (κ2) is 6.95. The summed E-state index contributed by atoms with van der Waals surface area (Å²) in [6.45, 7) is 0.483. The lowest BCUT2D eigenvalue weighted by molar-refractivity contribution is -0.0134. The van der Waals surface area contributed by atoms with E-state index in [1.807, 2.05) is 11.8 Å². The van der Waals surface area contributed by atoms with Crippen LogP contribution in [0.3, 0.4) is 0 Å². The van der Waals surface area contributed by atoms with Gasteiger partial charge in [0.05, 0.1) is 5.60 Å². The summed E-state index contributed by atoms with van der Waals surface area (Å²) in [6.07, 6.45) is 1.87. The number of hydrogen-bond donors (Lipinski definition) is 2. The van der Waals surface area contributed by atoms with Gasteiger partial charge in [-0.05, 0) is 48.6 Å². The van der Waals surface area contributed by atoms with Gasteiger partial charge in [-0.3, -0.25) is 0 Å². The molecule has 0 radical (unpaired) electrons. The second-order valence-electron chi connectivity index (χ2n) is 4.81. The summed E-state index contributed by atoms with van der Waals surface area (Å²) in [6, 6.07) is 5.37. The molecule has 0 unspecified atom stereocenters. The molecule has 6 heteroatoms. The van der Waals surface area contributed by atoms with Crippen molar-refractivity contribution in [3.05, 3.63) is 30.1 Å². The van der Waals surface area contributed by atoms with E-state index >= 15 is 0 Å². The molecule has 4 nitrogen and oxygen atoms in total. The van der Waals surface area contributed by atoms with Crippen LogP contribution in [0.5, 0.6) is 0 Å². The molecular weight excluding hydrogens is 279 g/mol. The molecular formula is C14H19FN2O2S. The third kappa shape index (κ3) is 4.11. The smallest absolute Gasteiger partial charge is 0.319 e. The van der Waals surface area contributed by atoms with E-state index in [9.17, 15) is 9.18 Å². The van der Waals surface area contributed by atoms with Gasteiger partial charge in [-0.1, -0.05) is 0 Å². The van der Waals surface area contributed by atoms with Gasteiger partial charge in [-0.15, -0.1) is 0 Å². The molecule has 1 aromatic carbocycles.